The van der Waals surface area contributed by atoms with Gasteiger partial charge in [0.15, 0.2) is 8.32 Å². The van der Waals surface area contributed by atoms with Gasteiger partial charge in [-0.2, -0.15) is 0 Å². The molecule has 0 bridgehead atoms. The zero-order valence-corrected chi connectivity index (χ0v) is 16.6. The molecule has 0 spiro atoms. The van der Waals surface area contributed by atoms with Crippen LogP contribution in [0.2, 0.25) is 18.1 Å². The first-order chi connectivity index (χ1) is 9.33. The zero-order valence-electron chi connectivity index (χ0n) is 15.6. The molecule has 0 aliphatic rings. The van der Waals surface area contributed by atoms with Crippen molar-refractivity contribution in [2.45, 2.75) is 79.6 Å². The third kappa shape index (κ3) is 5.91. The van der Waals surface area contributed by atoms with Crippen molar-refractivity contribution >= 4 is 14.1 Å². The largest absolute Gasteiger partial charge is 0.410 e. The third-order valence-corrected chi connectivity index (χ3v) is 9.14. The standard InChI is InChI=1S/C18H34O2Si/c1-11-13(2)12-14(3)17(15(4)16(5)19)20-21(9,10)18(6,7)8/h11-12,15,17H,1-10H3/b13-11+,14-12+/t15-,17+/m0/s1. The van der Waals surface area contributed by atoms with Gasteiger partial charge in [-0.15, -0.1) is 0 Å². The summed E-state index contributed by atoms with van der Waals surface area (Å²) in [6.07, 6.45) is 4.08. The predicted octanol–water partition coefficient (Wildman–Crippen LogP) is 5.51. The molecule has 0 radical (unpaired) electrons. The summed E-state index contributed by atoms with van der Waals surface area (Å²) < 4.78 is 6.56. The fraction of sp³-hybridized carbons (Fsp3) is 0.722. The highest BCUT2D eigenvalue weighted by Crippen LogP contribution is 2.39. The molecule has 122 valence electrons. The summed E-state index contributed by atoms with van der Waals surface area (Å²) in [7, 11) is -1.91. The fourth-order valence-electron chi connectivity index (χ4n) is 1.82. The number of ketones is 1. The first-order valence-corrected chi connectivity index (χ1v) is 10.7. The highest BCUT2D eigenvalue weighted by Gasteiger charge is 2.41. The summed E-state index contributed by atoms with van der Waals surface area (Å²) in [5.74, 6) is 0.0737. The molecular weight excluding hydrogens is 276 g/mol. The van der Waals surface area contributed by atoms with Crippen LogP contribution < -0.4 is 0 Å². The van der Waals surface area contributed by atoms with Crippen molar-refractivity contribution in [1.29, 1.82) is 0 Å². The Kier molecular flexibility index (Phi) is 7.31. The molecule has 0 aromatic rings. The van der Waals surface area contributed by atoms with E-state index in [1.807, 2.05) is 13.8 Å². The molecule has 0 saturated carbocycles. The van der Waals surface area contributed by atoms with Gasteiger partial charge in [0.1, 0.15) is 5.78 Å². The molecule has 0 amide bonds. The summed E-state index contributed by atoms with van der Waals surface area (Å²) in [5.41, 5.74) is 2.34. The van der Waals surface area contributed by atoms with E-state index in [2.05, 4.69) is 59.9 Å². The van der Waals surface area contributed by atoms with Crippen LogP contribution in [0.4, 0.5) is 0 Å². The van der Waals surface area contributed by atoms with Gasteiger partial charge in [0.2, 0.25) is 0 Å². The van der Waals surface area contributed by atoms with Crippen molar-refractivity contribution in [3.63, 3.8) is 0 Å². The van der Waals surface area contributed by atoms with Crippen molar-refractivity contribution in [2.75, 3.05) is 0 Å². The molecule has 2 atom stereocenters. The molecule has 0 unspecified atom stereocenters. The van der Waals surface area contributed by atoms with Crippen LogP contribution >= 0.6 is 0 Å². The average molecular weight is 311 g/mol. The van der Waals surface area contributed by atoms with E-state index in [1.54, 1.807) is 6.92 Å². The van der Waals surface area contributed by atoms with Crippen molar-refractivity contribution < 1.29 is 9.22 Å². The summed E-state index contributed by atoms with van der Waals surface area (Å²) in [6.45, 7) is 21.0. The van der Waals surface area contributed by atoms with Crippen LogP contribution in [0.5, 0.6) is 0 Å². The molecule has 0 aromatic carbocycles. The second-order valence-electron chi connectivity index (χ2n) is 7.62. The maximum absolute atomic E-state index is 11.9. The SMILES string of the molecule is C/C=C(C)/C=C(\C)[C@@H](O[Si](C)(C)C(C)(C)C)[C@@H](C)C(C)=O. The van der Waals surface area contributed by atoms with Gasteiger partial charge in [-0.1, -0.05) is 45.4 Å². The number of carbonyl (C=O) groups is 1. The lowest BCUT2D eigenvalue weighted by Crippen LogP contribution is -2.46. The molecule has 0 saturated heterocycles. The Labute approximate surface area is 132 Å². The minimum atomic E-state index is -1.91. The monoisotopic (exact) mass is 310 g/mol. The van der Waals surface area contributed by atoms with Gasteiger partial charge in [0.05, 0.1) is 6.10 Å². The Morgan fingerprint density at radius 1 is 1.14 bits per heavy atom. The lowest BCUT2D eigenvalue weighted by molar-refractivity contribution is -0.122. The van der Waals surface area contributed by atoms with Crippen LogP contribution in [-0.4, -0.2) is 20.2 Å². The van der Waals surface area contributed by atoms with Crippen LogP contribution in [0, 0.1) is 5.92 Å². The molecule has 21 heavy (non-hydrogen) atoms. The van der Waals surface area contributed by atoms with Crippen LogP contribution in [-0.2, 0) is 9.22 Å². The highest BCUT2D eigenvalue weighted by molar-refractivity contribution is 6.74. The zero-order chi connectivity index (χ0) is 17.0. The van der Waals surface area contributed by atoms with Gasteiger partial charge in [0, 0.05) is 5.92 Å². The third-order valence-electron chi connectivity index (χ3n) is 4.68. The second kappa shape index (κ2) is 7.55. The van der Waals surface area contributed by atoms with E-state index < -0.39 is 8.32 Å². The number of rotatable bonds is 6. The van der Waals surface area contributed by atoms with Gasteiger partial charge >= 0.3 is 0 Å². The van der Waals surface area contributed by atoms with E-state index in [1.165, 1.54) is 5.57 Å². The van der Waals surface area contributed by atoms with Gasteiger partial charge < -0.3 is 4.43 Å². The van der Waals surface area contributed by atoms with Crippen molar-refractivity contribution in [3.8, 4) is 0 Å². The van der Waals surface area contributed by atoms with E-state index in [0.717, 1.165) is 5.57 Å². The first kappa shape index (κ1) is 20.3. The fourth-order valence-corrected chi connectivity index (χ4v) is 3.20. The number of carbonyl (C=O) groups excluding carboxylic acids is 1. The normalized spacial score (nSPS) is 17.6. The minimum absolute atomic E-state index is 0.111. The average Bonchev–Trinajstić information content (AvgIpc) is 2.33. The van der Waals surface area contributed by atoms with Gasteiger partial charge in [0.25, 0.3) is 0 Å². The van der Waals surface area contributed by atoms with E-state index in [9.17, 15) is 4.79 Å². The molecule has 0 heterocycles. The predicted molar refractivity (Wildman–Crippen MR) is 95.1 cm³/mol. The van der Waals surface area contributed by atoms with E-state index >= 15 is 0 Å². The van der Waals surface area contributed by atoms with Crippen molar-refractivity contribution in [2.24, 2.45) is 5.92 Å². The van der Waals surface area contributed by atoms with Crippen LogP contribution in [0.1, 0.15) is 55.4 Å². The maximum Gasteiger partial charge on any atom is 0.192 e. The van der Waals surface area contributed by atoms with Gasteiger partial charge in [-0.25, -0.2) is 0 Å². The number of allylic oxidation sites excluding steroid dienone is 3. The number of Topliss-reactive ketones (excluding diaryl/α,β-unsaturated/α-hetero) is 1. The summed E-state index contributed by atoms with van der Waals surface area (Å²) >= 11 is 0. The first-order valence-electron chi connectivity index (χ1n) is 7.83. The molecule has 3 heteroatoms. The second-order valence-corrected chi connectivity index (χ2v) is 12.4. The Morgan fingerprint density at radius 3 is 1.95 bits per heavy atom. The van der Waals surface area contributed by atoms with Crippen LogP contribution in [0.3, 0.4) is 0 Å². The Balaban J connectivity index is 5.56. The molecule has 0 aliphatic heterocycles. The summed E-state index contributed by atoms with van der Waals surface area (Å²) in [5, 5.41) is 0.137. The lowest BCUT2D eigenvalue weighted by Gasteiger charge is -2.41. The minimum Gasteiger partial charge on any atom is -0.410 e. The lowest BCUT2D eigenvalue weighted by atomic mass is 9.94. The number of hydrogen-bond donors (Lipinski definition) is 0. The topological polar surface area (TPSA) is 26.3 Å². The smallest absolute Gasteiger partial charge is 0.192 e. The Hall–Kier alpha value is -0.673. The van der Waals surface area contributed by atoms with Crippen molar-refractivity contribution in [3.05, 3.63) is 23.3 Å². The van der Waals surface area contributed by atoms with Gasteiger partial charge in [-0.3, -0.25) is 4.79 Å². The Morgan fingerprint density at radius 2 is 1.62 bits per heavy atom. The van der Waals surface area contributed by atoms with Crippen molar-refractivity contribution in [1.82, 2.24) is 0 Å². The van der Waals surface area contributed by atoms with E-state index in [0.29, 0.717) is 0 Å². The highest BCUT2D eigenvalue weighted by atomic mass is 28.4. The summed E-state index contributed by atoms with van der Waals surface area (Å²) in [4.78, 5) is 11.9. The van der Waals surface area contributed by atoms with Crippen LogP contribution in [0.25, 0.3) is 0 Å². The molecule has 0 aromatic heterocycles. The Bertz CT molecular complexity index is 425. The van der Waals surface area contributed by atoms with E-state index in [-0.39, 0.29) is 22.8 Å². The van der Waals surface area contributed by atoms with E-state index in [4.69, 9.17) is 4.43 Å². The molecule has 2 nitrogen and oxygen atoms in total. The van der Waals surface area contributed by atoms with Gasteiger partial charge in [-0.05, 0) is 51.4 Å². The molecule has 0 N–H and O–H groups in total. The quantitative estimate of drug-likeness (QED) is 0.477. The molecule has 0 fully saturated rings. The molecule has 0 rings (SSSR count). The van der Waals surface area contributed by atoms with Crippen LogP contribution in [0.15, 0.2) is 23.3 Å². The molecule has 0 aliphatic carbocycles. The molecular formula is C18H34O2Si. The number of hydrogen-bond acceptors (Lipinski definition) is 2. The maximum atomic E-state index is 11.9. The summed E-state index contributed by atoms with van der Waals surface area (Å²) in [6, 6.07) is 0.